The number of carbonyl (C=O) groups is 2. The third-order valence-corrected chi connectivity index (χ3v) is 5.50. The molecule has 1 atom stereocenters. The zero-order valence-corrected chi connectivity index (χ0v) is 17.7. The Labute approximate surface area is 182 Å². The molecule has 0 saturated carbocycles. The Bertz CT molecular complexity index is 1100. The maximum atomic E-state index is 13.3. The maximum Gasteiger partial charge on any atom is 0.252 e. The first-order valence-electron chi connectivity index (χ1n) is 10.3. The van der Waals surface area contributed by atoms with Crippen LogP contribution < -0.4 is 20.9 Å². The number of carbonyl (C=O) groups excluding carboxylic acids is 2. The molecule has 4 rings (SSSR count). The number of nitrogens with one attached hydrogen (secondary N) is 3. The second-order valence-electron chi connectivity index (χ2n) is 7.75. The number of hydrogen-bond donors (Lipinski definition) is 3. The SMILES string of the molecule is Cc1ccccc1C(=O)NC(Cc1ccccc1)C(=O)Nc1cccc2c1NCN2C. The minimum atomic E-state index is -0.718. The lowest BCUT2D eigenvalue weighted by atomic mass is 10.0. The van der Waals surface area contributed by atoms with Crippen LogP contribution >= 0.6 is 0 Å². The lowest BCUT2D eigenvalue weighted by Gasteiger charge is -2.20. The predicted octanol–water partition coefficient (Wildman–Crippen LogP) is 3.79. The first kappa shape index (κ1) is 20.5. The number of rotatable bonds is 6. The number of hydrogen-bond acceptors (Lipinski definition) is 4. The van der Waals surface area contributed by atoms with Gasteiger partial charge in [-0.1, -0.05) is 54.6 Å². The minimum absolute atomic E-state index is 0.254. The van der Waals surface area contributed by atoms with Crippen molar-refractivity contribution in [2.45, 2.75) is 19.4 Å². The van der Waals surface area contributed by atoms with Crippen LogP contribution in [-0.2, 0) is 11.2 Å². The summed E-state index contributed by atoms with van der Waals surface area (Å²) < 4.78 is 0. The molecule has 158 valence electrons. The highest BCUT2D eigenvalue weighted by Crippen LogP contribution is 2.36. The van der Waals surface area contributed by atoms with E-state index in [9.17, 15) is 9.59 Å². The standard InChI is InChI=1S/C25H26N4O2/c1-17-9-6-7-12-19(17)24(30)28-21(15-18-10-4-3-5-11-18)25(31)27-20-13-8-14-22-23(20)26-16-29(22)2/h3-14,21,26H,15-16H2,1-2H3,(H,27,31)(H,28,30). The van der Waals surface area contributed by atoms with Gasteiger partial charge in [0, 0.05) is 19.0 Å². The lowest BCUT2D eigenvalue weighted by Crippen LogP contribution is -2.45. The fraction of sp³-hybridized carbons (Fsp3) is 0.200. The van der Waals surface area contributed by atoms with Gasteiger partial charge in [-0.25, -0.2) is 0 Å². The van der Waals surface area contributed by atoms with Crippen molar-refractivity contribution in [1.29, 1.82) is 0 Å². The summed E-state index contributed by atoms with van der Waals surface area (Å²) in [5.41, 5.74) is 5.03. The highest BCUT2D eigenvalue weighted by molar-refractivity contribution is 6.04. The Balaban J connectivity index is 1.57. The Hall–Kier alpha value is -3.80. The van der Waals surface area contributed by atoms with Crippen LogP contribution in [0, 0.1) is 6.92 Å². The number of para-hydroxylation sites is 1. The van der Waals surface area contributed by atoms with Crippen LogP contribution in [0.3, 0.4) is 0 Å². The molecule has 0 spiro atoms. The summed E-state index contributed by atoms with van der Waals surface area (Å²) in [5, 5.41) is 9.26. The summed E-state index contributed by atoms with van der Waals surface area (Å²) >= 11 is 0. The second-order valence-corrected chi connectivity index (χ2v) is 7.75. The Kier molecular flexibility index (Phi) is 5.89. The molecule has 3 aromatic carbocycles. The van der Waals surface area contributed by atoms with Crippen molar-refractivity contribution in [1.82, 2.24) is 5.32 Å². The Morgan fingerprint density at radius 2 is 1.74 bits per heavy atom. The van der Waals surface area contributed by atoms with Crippen LogP contribution in [0.15, 0.2) is 72.8 Å². The van der Waals surface area contributed by atoms with Crippen LogP contribution in [0.25, 0.3) is 0 Å². The van der Waals surface area contributed by atoms with Crippen molar-refractivity contribution in [3.05, 3.63) is 89.5 Å². The van der Waals surface area contributed by atoms with E-state index >= 15 is 0 Å². The lowest BCUT2D eigenvalue weighted by molar-refractivity contribution is -0.118. The molecule has 0 saturated heterocycles. The second kappa shape index (κ2) is 8.92. The number of anilines is 3. The number of fused-ring (bicyclic) bond motifs is 1. The molecule has 3 aromatic rings. The van der Waals surface area contributed by atoms with Gasteiger partial charge < -0.3 is 20.9 Å². The summed E-state index contributed by atoms with van der Waals surface area (Å²) in [7, 11) is 1.99. The van der Waals surface area contributed by atoms with Gasteiger partial charge in [0.15, 0.2) is 0 Å². The topological polar surface area (TPSA) is 73.5 Å². The quantitative estimate of drug-likeness (QED) is 0.574. The van der Waals surface area contributed by atoms with Gasteiger partial charge in [-0.05, 0) is 36.2 Å². The van der Waals surface area contributed by atoms with Gasteiger partial charge in [-0.2, -0.15) is 0 Å². The summed E-state index contributed by atoms with van der Waals surface area (Å²) in [5.74, 6) is -0.513. The summed E-state index contributed by atoms with van der Waals surface area (Å²) in [6, 6.07) is 22.1. The van der Waals surface area contributed by atoms with Gasteiger partial charge in [0.2, 0.25) is 5.91 Å². The molecule has 6 heteroatoms. The summed E-state index contributed by atoms with van der Waals surface area (Å²) in [4.78, 5) is 28.3. The Morgan fingerprint density at radius 1 is 1.00 bits per heavy atom. The van der Waals surface area contributed by atoms with E-state index in [0.29, 0.717) is 24.3 Å². The number of amides is 2. The summed E-state index contributed by atoms with van der Waals surface area (Å²) in [6.07, 6.45) is 0.395. The third kappa shape index (κ3) is 4.53. The molecule has 0 fully saturated rings. The van der Waals surface area contributed by atoms with Gasteiger partial charge in [0.25, 0.3) is 5.91 Å². The highest BCUT2D eigenvalue weighted by Gasteiger charge is 2.25. The van der Waals surface area contributed by atoms with E-state index in [1.54, 1.807) is 6.07 Å². The largest absolute Gasteiger partial charge is 0.364 e. The molecule has 1 heterocycles. The molecule has 31 heavy (non-hydrogen) atoms. The normalized spacial score (nSPS) is 13.2. The molecule has 6 nitrogen and oxygen atoms in total. The first-order valence-corrected chi connectivity index (χ1v) is 10.3. The molecule has 1 unspecified atom stereocenters. The summed E-state index contributed by atoms with van der Waals surface area (Å²) in [6.45, 7) is 2.57. The van der Waals surface area contributed by atoms with E-state index < -0.39 is 6.04 Å². The van der Waals surface area contributed by atoms with Crippen molar-refractivity contribution in [2.75, 3.05) is 29.2 Å². The highest BCUT2D eigenvalue weighted by atomic mass is 16.2. The van der Waals surface area contributed by atoms with Crippen LogP contribution in [-0.4, -0.2) is 31.6 Å². The van der Waals surface area contributed by atoms with Crippen molar-refractivity contribution in [3.63, 3.8) is 0 Å². The van der Waals surface area contributed by atoms with Crippen LogP contribution in [0.1, 0.15) is 21.5 Å². The zero-order chi connectivity index (χ0) is 21.8. The van der Waals surface area contributed by atoms with Crippen molar-refractivity contribution < 1.29 is 9.59 Å². The molecule has 1 aliphatic heterocycles. The maximum absolute atomic E-state index is 13.3. The molecule has 0 radical (unpaired) electrons. The average molecular weight is 415 g/mol. The predicted molar refractivity (Wildman–Crippen MR) is 125 cm³/mol. The van der Waals surface area contributed by atoms with Crippen LogP contribution in [0.5, 0.6) is 0 Å². The molecule has 2 amide bonds. The van der Waals surface area contributed by atoms with Gasteiger partial charge in [0.05, 0.1) is 23.7 Å². The van der Waals surface area contributed by atoms with E-state index in [1.165, 1.54) is 0 Å². The first-order chi connectivity index (χ1) is 15.0. The van der Waals surface area contributed by atoms with E-state index in [0.717, 1.165) is 22.5 Å². The fourth-order valence-corrected chi connectivity index (χ4v) is 3.77. The molecule has 1 aliphatic rings. The zero-order valence-electron chi connectivity index (χ0n) is 17.7. The minimum Gasteiger partial charge on any atom is -0.364 e. The van der Waals surface area contributed by atoms with Gasteiger partial charge in [0.1, 0.15) is 6.04 Å². The third-order valence-electron chi connectivity index (χ3n) is 5.50. The van der Waals surface area contributed by atoms with Gasteiger partial charge in [-0.15, -0.1) is 0 Å². The molecule has 0 aliphatic carbocycles. The van der Waals surface area contributed by atoms with E-state index in [4.69, 9.17) is 0 Å². The molecular weight excluding hydrogens is 388 g/mol. The van der Waals surface area contributed by atoms with Crippen LogP contribution in [0.4, 0.5) is 17.1 Å². The van der Waals surface area contributed by atoms with E-state index in [-0.39, 0.29) is 11.8 Å². The van der Waals surface area contributed by atoms with Crippen molar-refractivity contribution >= 4 is 28.9 Å². The molecule has 0 aromatic heterocycles. The Morgan fingerprint density at radius 3 is 2.52 bits per heavy atom. The number of benzene rings is 3. The average Bonchev–Trinajstić information content (AvgIpc) is 3.16. The number of aryl methyl sites for hydroxylation is 1. The molecular formula is C25H26N4O2. The molecule has 0 bridgehead atoms. The van der Waals surface area contributed by atoms with Gasteiger partial charge in [-0.3, -0.25) is 9.59 Å². The van der Waals surface area contributed by atoms with E-state index in [2.05, 4.69) is 20.9 Å². The van der Waals surface area contributed by atoms with Crippen molar-refractivity contribution in [3.8, 4) is 0 Å². The van der Waals surface area contributed by atoms with E-state index in [1.807, 2.05) is 80.7 Å². The molecule has 3 N–H and O–H groups in total. The number of nitrogens with zero attached hydrogens (tertiary/aromatic N) is 1. The van der Waals surface area contributed by atoms with Crippen molar-refractivity contribution in [2.24, 2.45) is 0 Å². The smallest absolute Gasteiger partial charge is 0.252 e. The fourth-order valence-electron chi connectivity index (χ4n) is 3.77. The van der Waals surface area contributed by atoms with Gasteiger partial charge >= 0.3 is 0 Å². The monoisotopic (exact) mass is 414 g/mol. The van der Waals surface area contributed by atoms with Crippen LogP contribution in [0.2, 0.25) is 0 Å².